The molecule has 0 fully saturated rings. The first-order valence-corrected chi connectivity index (χ1v) is 8.18. The van der Waals surface area contributed by atoms with Gasteiger partial charge in [0.1, 0.15) is 17.8 Å². The van der Waals surface area contributed by atoms with Crippen LogP contribution in [0.15, 0.2) is 54.9 Å². The van der Waals surface area contributed by atoms with Crippen molar-refractivity contribution < 1.29 is 14.4 Å². The normalized spacial score (nSPS) is 10.1. The second kappa shape index (κ2) is 8.54. The molecule has 1 aromatic heterocycles. The number of methoxy groups -OCH3 is 2. The van der Waals surface area contributed by atoms with Crippen molar-refractivity contribution in [1.29, 1.82) is 0 Å². The van der Waals surface area contributed by atoms with Crippen molar-refractivity contribution in [3.63, 3.8) is 0 Å². The monoisotopic (exact) mass is 382 g/mol. The van der Waals surface area contributed by atoms with Crippen molar-refractivity contribution in [2.24, 2.45) is 0 Å². The lowest BCUT2D eigenvalue weighted by molar-refractivity contribution is -0.383. The van der Waals surface area contributed by atoms with Crippen LogP contribution in [-0.2, 0) is 0 Å². The zero-order valence-corrected chi connectivity index (χ0v) is 15.2. The SMILES string of the molecule is COc1ccc(Nc2ncnc(NNc3ccccc3)c2[N+](=O)[O-])c(OC)c1. The molecule has 144 valence electrons. The Morgan fingerprint density at radius 3 is 2.39 bits per heavy atom. The van der Waals surface area contributed by atoms with Gasteiger partial charge in [0, 0.05) is 6.07 Å². The van der Waals surface area contributed by atoms with E-state index in [0.717, 1.165) is 5.69 Å². The predicted octanol–water partition coefficient (Wildman–Crippen LogP) is 3.58. The Morgan fingerprint density at radius 1 is 0.964 bits per heavy atom. The molecule has 10 nitrogen and oxygen atoms in total. The maximum atomic E-state index is 11.7. The predicted molar refractivity (Wildman–Crippen MR) is 105 cm³/mol. The van der Waals surface area contributed by atoms with Crippen LogP contribution in [0.1, 0.15) is 0 Å². The van der Waals surface area contributed by atoms with Gasteiger partial charge in [-0.2, -0.15) is 0 Å². The number of hydrazine groups is 1. The van der Waals surface area contributed by atoms with Crippen molar-refractivity contribution in [2.45, 2.75) is 0 Å². The molecule has 0 aliphatic rings. The Labute approximate surface area is 160 Å². The van der Waals surface area contributed by atoms with E-state index in [0.29, 0.717) is 17.2 Å². The number of benzene rings is 2. The molecule has 2 aromatic carbocycles. The molecule has 0 unspecified atom stereocenters. The molecule has 0 saturated carbocycles. The standard InChI is InChI=1S/C18H18N6O4/c1-27-13-8-9-14(15(10-13)28-2)21-17-16(24(25)26)18(20-11-19-17)23-22-12-6-4-3-5-7-12/h3-11,22H,1-2H3,(H2,19,20,21,23). The number of anilines is 4. The third-order valence-electron chi connectivity index (χ3n) is 3.77. The zero-order chi connectivity index (χ0) is 19.9. The van der Waals surface area contributed by atoms with Crippen LogP contribution in [0.5, 0.6) is 11.5 Å². The summed E-state index contributed by atoms with van der Waals surface area (Å²) in [5, 5.41) is 14.6. The van der Waals surface area contributed by atoms with Gasteiger partial charge >= 0.3 is 5.69 Å². The van der Waals surface area contributed by atoms with E-state index in [9.17, 15) is 10.1 Å². The molecule has 0 radical (unpaired) electrons. The molecule has 0 aliphatic carbocycles. The van der Waals surface area contributed by atoms with E-state index in [1.807, 2.05) is 18.2 Å². The average molecular weight is 382 g/mol. The third-order valence-corrected chi connectivity index (χ3v) is 3.77. The number of aromatic nitrogens is 2. The summed E-state index contributed by atoms with van der Waals surface area (Å²) in [6.07, 6.45) is 1.22. The summed E-state index contributed by atoms with van der Waals surface area (Å²) in [5.74, 6) is 1.07. The molecule has 3 aromatic rings. The van der Waals surface area contributed by atoms with Gasteiger partial charge in [-0.15, -0.1) is 0 Å². The van der Waals surface area contributed by atoms with Crippen LogP contribution >= 0.6 is 0 Å². The van der Waals surface area contributed by atoms with Crippen molar-refractivity contribution in [2.75, 3.05) is 30.4 Å². The van der Waals surface area contributed by atoms with Crippen LogP contribution < -0.4 is 25.6 Å². The summed E-state index contributed by atoms with van der Waals surface area (Å²) in [4.78, 5) is 19.1. The molecule has 10 heteroatoms. The average Bonchev–Trinajstić information content (AvgIpc) is 2.73. The Morgan fingerprint density at radius 2 is 1.71 bits per heavy atom. The third kappa shape index (κ3) is 4.18. The molecule has 0 spiro atoms. The summed E-state index contributed by atoms with van der Waals surface area (Å²) >= 11 is 0. The summed E-state index contributed by atoms with van der Waals surface area (Å²) in [7, 11) is 3.03. The Kier molecular flexibility index (Phi) is 5.70. The number of ether oxygens (including phenoxy) is 2. The van der Waals surface area contributed by atoms with E-state index >= 15 is 0 Å². The topological polar surface area (TPSA) is 123 Å². The fraction of sp³-hybridized carbons (Fsp3) is 0.111. The molecule has 3 rings (SSSR count). The highest BCUT2D eigenvalue weighted by molar-refractivity contribution is 5.76. The van der Waals surface area contributed by atoms with Gasteiger partial charge in [0.25, 0.3) is 0 Å². The maximum absolute atomic E-state index is 11.7. The van der Waals surface area contributed by atoms with E-state index in [1.165, 1.54) is 20.5 Å². The lowest BCUT2D eigenvalue weighted by Gasteiger charge is -2.14. The smallest absolute Gasteiger partial charge is 0.355 e. The number of para-hydroxylation sites is 1. The maximum Gasteiger partial charge on any atom is 0.355 e. The van der Waals surface area contributed by atoms with Crippen LogP contribution in [0, 0.1) is 10.1 Å². The van der Waals surface area contributed by atoms with Gasteiger partial charge < -0.3 is 14.8 Å². The lowest BCUT2D eigenvalue weighted by atomic mass is 10.2. The van der Waals surface area contributed by atoms with Crippen molar-refractivity contribution in [3.05, 3.63) is 65.0 Å². The first kappa shape index (κ1) is 18.7. The molecule has 0 amide bonds. The van der Waals surface area contributed by atoms with Gasteiger partial charge in [0.05, 0.1) is 30.5 Å². The Hall–Kier alpha value is -4.08. The van der Waals surface area contributed by atoms with Crippen LogP contribution in [0.25, 0.3) is 0 Å². The molecular weight excluding hydrogens is 364 g/mol. The zero-order valence-electron chi connectivity index (χ0n) is 15.2. The lowest BCUT2D eigenvalue weighted by Crippen LogP contribution is -2.13. The number of rotatable bonds is 8. The summed E-state index contributed by atoms with van der Waals surface area (Å²) in [6, 6.07) is 14.2. The molecule has 0 aliphatic heterocycles. The summed E-state index contributed by atoms with van der Waals surface area (Å²) in [5.41, 5.74) is 6.52. The first-order valence-electron chi connectivity index (χ1n) is 8.18. The van der Waals surface area contributed by atoms with E-state index in [-0.39, 0.29) is 17.3 Å². The van der Waals surface area contributed by atoms with Crippen LogP contribution in [-0.4, -0.2) is 29.1 Å². The number of hydrogen-bond acceptors (Lipinski definition) is 9. The van der Waals surface area contributed by atoms with E-state index in [2.05, 4.69) is 26.1 Å². The highest BCUT2D eigenvalue weighted by Crippen LogP contribution is 2.35. The molecule has 1 heterocycles. The van der Waals surface area contributed by atoms with Crippen LogP contribution in [0.4, 0.5) is 28.7 Å². The van der Waals surface area contributed by atoms with E-state index in [1.54, 1.807) is 30.3 Å². The molecule has 28 heavy (non-hydrogen) atoms. The van der Waals surface area contributed by atoms with E-state index < -0.39 is 4.92 Å². The highest BCUT2D eigenvalue weighted by atomic mass is 16.6. The number of nitrogens with zero attached hydrogens (tertiary/aromatic N) is 3. The fourth-order valence-corrected chi connectivity index (χ4v) is 2.42. The van der Waals surface area contributed by atoms with Gasteiger partial charge in [-0.3, -0.25) is 21.0 Å². The second-order valence-electron chi connectivity index (χ2n) is 5.48. The number of hydrogen-bond donors (Lipinski definition) is 3. The van der Waals surface area contributed by atoms with Crippen LogP contribution in [0.3, 0.4) is 0 Å². The van der Waals surface area contributed by atoms with Crippen molar-refractivity contribution >= 4 is 28.7 Å². The summed E-state index contributed by atoms with van der Waals surface area (Å²) < 4.78 is 10.5. The molecule has 3 N–H and O–H groups in total. The molecule has 0 atom stereocenters. The molecular formula is C18H18N6O4. The largest absolute Gasteiger partial charge is 0.497 e. The fourth-order valence-electron chi connectivity index (χ4n) is 2.42. The van der Waals surface area contributed by atoms with Crippen molar-refractivity contribution in [3.8, 4) is 11.5 Å². The molecule has 0 bridgehead atoms. The van der Waals surface area contributed by atoms with Crippen LogP contribution in [0.2, 0.25) is 0 Å². The van der Waals surface area contributed by atoms with Gasteiger partial charge in [-0.25, -0.2) is 9.97 Å². The Bertz CT molecular complexity index is 968. The van der Waals surface area contributed by atoms with E-state index in [4.69, 9.17) is 9.47 Å². The Balaban J connectivity index is 1.90. The minimum absolute atomic E-state index is 0.0128. The van der Waals surface area contributed by atoms with Crippen molar-refractivity contribution in [1.82, 2.24) is 9.97 Å². The number of nitro groups is 1. The van der Waals surface area contributed by atoms with Gasteiger partial charge in [-0.05, 0) is 24.3 Å². The van der Waals surface area contributed by atoms with Gasteiger partial charge in [0.15, 0.2) is 0 Å². The molecule has 0 saturated heterocycles. The number of nitrogens with one attached hydrogen (secondary N) is 3. The first-order chi connectivity index (χ1) is 13.6. The van der Waals surface area contributed by atoms with Gasteiger partial charge in [-0.1, -0.05) is 18.2 Å². The summed E-state index contributed by atoms with van der Waals surface area (Å²) in [6.45, 7) is 0. The second-order valence-corrected chi connectivity index (χ2v) is 5.48. The highest BCUT2D eigenvalue weighted by Gasteiger charge is 2.24. The minimum Gasteiger partial charge on any atom is -0.497 e. The van der Waals surface area contributed by atoms with Gasteiger partial charge in [0.2, 0.25) is 11.6 Å². The quantitative estimate of drug-likeness (QED) is 0.396. The minimum atomic E-state index is -0.562.